The summed E-state index contributed by atoms with van der Waals surface area (Å²) in [6.45, 7) is 3.33. The van der Waals surface area contributed by atoms with Crippen LogP contribution in [0.25, 0.3) is 0 Å². The molecule has 7 heteroatoms. The van der Waals surface area contributed by atoms with Gasteiger partial charge in [-0.05, 0) is 37.4 Å². The highest BCUT2D eigenvalue weighted by Gasteiger charge is 2.52. The zero-order valence-electron chi connectivity index (χ0n) is 12.5. The number of esters is 1. The van der Waals surface area contributed by atoms with Crippen molar-refractivity contribution < 1.29 is 19.0 Å². The molecule has 1 aliphatic heterocycles. The Bertz CT molecular complexity index is 550. The molecule has 1 aliphatic carbocycles. The van der Waals surface area contributed by atoms with Crippen molar-refractivity contribution in [3.05, 3.63) is 23.2 Å². The highest BCUT2D eigenvalue weighted by Crippen LogP contribution is 2.46. The monoisotopic (exact) mass is 326 g/mol. The van der Waals surface area contributed by atoms with Crippen LogP contribution in [-0.2, 0) is 24.4 Å². The highest BCUT2D eigenvalue weighted by atomic mass is 35.5. The van der Waals surface area contributed by atoms with Crippen LogP contribution in [0.4, 0.5) is 0 Å². The third-order valence-corrected chi connectivity index (χ3v) is 4.64. The largest absolute Gasteiger partial charge is 0.465 e. The second-order valence-corrected chi connectivity index (χ2v) is 5.96. The molecule has 2 heterocycles. The maximum Gasteiger partial charge on any atom is 0.318 e. The number of halogens is 1. The van der Waals surface area contributed by atoms with Crippen molar-refractivity contribution in [2.45, 2.75) is 43.8 Å². The lowest BCUT2D eigenvalue weighted by molar-refractivity contribution is -0.191. The van der Waals surface area contributed by atoms with E-state index in [0.29, 0.717) is 51.2 Å². The van der Waals surface area contributed by atoms with Gasteiger partial charge in [-0.1, -0.05) is 0 Å². The maximum absolute atomic E-state index is 12.6. The van der Waals surface area contributed by atoms with Crippen LogP contribution in [0.15, 0.2) is 12.3 Å². The average Bonchev–Trinajstić information content (AvgIpc) is 2.97. The van der Waals surface area contributed by atoms with Gasteiger partial charge in [-0.25, -0.2) is 9.97 Å². The van der Waals surface area contributed by atoms with Crippen LogP contribution in [0.3, 0.4) is 0 Å². The average molecular weight is 327 g/mol. The Morgan fingerprint density at radius 3 is 2.59 bits per heavy atom. The van der Waals surface area contributed by atoms with E-state index in [0.717, 1.165) is 0 Å². The second-order valence-electron chi connectivity index (χ2n) is 5.62. The number of nitrogens with zero attached hydrogens (tertiary/aromatic N) is 2. The second kappa shape index (κ2) is 6.10. The van der Waals surface area contributed by atoms with Crippen molar-refractivity contribution in [3.8, 4) is 0 Å². The summed E-state index contributed by atoms with van der Waals surface area (Å²) in [7, 11) is 0. The minimum absolute atomic E-state index is 0.134. The topological polar surface area (TPSA) is 70.5 Å². The molecule has 0 atom stereocenters. The van der Waals surface area contributed by atoms with E-state index in [1.807, 2.05) is 0 Å². The van der Waals surface area contributed by atoms with Crippen LogP contribution in [0.1, 0.15) is 38.3 Å². The van der Waals surface area contributed by atoms with Gasteiger partial charge in [-0.2, -0.15) is 0 Å². The number of hydrogen-bond acceptors (Lipinski definition) is 6. The van der Waals surface area contributed by atoms with E-state index in [9.17, 15) is 4.79 Å². The molecule has 0 amide bonds. The minimum atomic E-state index is -0.802. The van der Waals surface area contributed by atoms with Crippen molar-refractivity contribution >= 4 is 17.6 Å². The lowest BCUT2D eigenvalue weighted by Crippen LogP contribution is -2.47. The van der Waals surface area contributed by atoms with Crippen LogP contribution in [0.2, 0.25) is 5.28 Å². The molecule has 1 spiro atoms. The van der Waals surface area contributed by atoms with Gasteiger partial charge in [0.2, 0.25) is 5.28 Å². The van der Waals surface area contributed by atoms with Gasteiger partial charge in [0.05, 0.1) is 25.5 Å². The Morgan fingerprint density at radius 2 is 2.00 bits per heavy atom. The Balaban J connectivity index is 1.90. The van der Waals surface area contributed by atoms with Crippen LogP contribution in [-0.4, -0.2) is 41.5 Å². The van der Waals surface area contributed by atoms with Gasteiger partial charge in [0.25, 0.3) is 0 Å². The zero-order valence-corrected chi connectivity index (χ0v) is 13.3. The molecule has 3 rings (SSSR count). The Labute approximate surface area is 134 Å². The summed E-state index contributed by atoms with van der Waals surface area (Å²) in [5.41, 5.74) is -0.192. The van der Waals surface area contributed by atoms with Gasteiger partial charge in [0.1, 0.15) is 5.41 Å². The minimum Gasteiger partial charge on any atom is -0.465 e. The number of carbonyl (C=O) groups excluding carboxylic acids is 1. The summed E-state index contributed by atoms with van der Waals surface area (Å²) < 4.78 is 16.8. The van der Waals surface area contributed by atoms with Gasteiger partial charge in [-0.3, -0.25) is 4.79 Å². The molecule has 0 unspecified atom stereocenters. The Hall–Kier alpha value is -1.24. The first-order valence-electron chi connectivity index (χ1n) is 7.54. The van der Waals surface area contributed by atoms with Gasteiger partial charge >= 0.3 is 5.97 Å². The van der Waals surface area contributed by atoms with E-state index < -0.39 is 11.2 Å². The smallest absolute Gasteiger partial charge is 0.318 e. The number of ether oxygens (including phenoxy) is 3. The number of carbonyl (C=O) groups is 1. The van der Waals surface area contributed by atoms with E-state index in [2.05, 4.69) is 9.97 Å². The molecule has 1 aromatic heterocycles. The highest BCUT2D eigenvalue weighted by molar-refractivity contribution is 6.28. The van der Waals surface area contributed by atoms with Crippen molar-refractivity contribution in [2.24, 2.45) is 0 Å². The van der Waals surface area contributed by atoms with E-state index >= 15 is 0 Å². The van der Waals surface area contributed by atoms with E-state index in [4.69, 9.17) is 25.8 Å². The summed E-state index contributed by atoms with van der Waals surface area (Å²) in [5.74, 6) is -0.815. The molecule has 2 aliphatic rings. The molecular formula is C15H19ClN2O4. The van der Waals surface area contributed by atoms with Crippen molar-refractivity contribution in [1.82, 2.24) is 9.97 Å². The van der Waals surface area contributed by atoms with Crippen LogP contribution in [0, 0.1) is 0 Å². The number of hydrogen-bond donors (Lipinski definition) is 0. The van der Waals surface area contributed by atoms with Crippen molar-refractivity contribution in [2.75, 3.05) is 19.8 Å². The first-order valence-corrected chi connectivity index (χ1v) is 7.92. The molecule has 6 nitrogen and oxygen atoms in total. The lowest BCUT2D eigenvalue weighted by atomic mass is 9.69. The van der Waals surface area contributed by atoms with Gasteiger partial charge in [0, 0.05) is 19.0 Å². The fourth-order valence-corrected chi connectivity index (χ4v) is 3.43. The predicted octanol–water partition coefficient (Wildman–Crippen LogP) is 2.25. The molecule has 1 aromatic rings. The summed E-state index contributed by atoms with van der Waals surface area (Å²) in [4.78, 5) is 20.8. The van der Waals surface area contributed by atoms with Gasteiger partial charge < -0.3 is 14.2 Å². The first-order chi connectivity index (χ1) is 10.6. The SMILES string of the molecule is CCOC(=O)C1(c2ccnc(Cl)n2)CCC2(CC1)OCCO2. The summed E-state index contributed by atoms with van der Waals surface area (Å²) in [5, 5.41) is 0.134. The molecule has 2 fully saturated rings. The maximum atomic E-state index is 12.6. The quantitative estimate of drug-likeness (QED) is 0.626. The van der Waals surface area contributed by atoms with Crippen molar-refractivity contribution in [1.29, 1.82) is 0 Å². The lowest BCUT2D eigenvalue weighted by Gasteiger charge is -2.41. The Kier molecular flexibility index (Phi) is 4.34. The molecule has 0 radical (unpaired) electrons. The van der Waals surface area contributed by atoms with Crippen LogP contribution >= 0.6 is 11.6 Å². The fourth-order valence-electron chi connectivity index (χ4n) is 3.28. The van der Waals surface area contributed by atoms with Crippen molar-refractivity contribution in [3.63, 3.8) is 0 Å². The molecule has 1 saturated heterocycles. The fraction of sp³-hybridized carbons (Fsp3) is 0.667. The van der Waals surface area contributed by atoms with E-state index in [-0.39, 0.29) is 11.3 Å². The molecule has 0 bridgehead atoms. The van der Waals surface area contributed by atoms with Gasteiger partial charge in [0.15, 0.2) is 5.79 Å². The number of rotatable bonds is 3. The molecule has 0 aromatic carbocycles. The van der Waals surface area contributed by atoms with E-state index in [1.54, 1.807) is 19.2 Å². The normalized spacial score (nSPS) is 22.6. The third kappa shape index (κ3) is 2.71. The zero-order chi connectivity index (χ0) is 15.6. The molecule has 22 heavy (non-hydrogen) atoms. The molecular weight excluding hydrogens is 308 g/mol. The summed E-state index contributed by atoms with van der Waals surface area (Å²) in [6.07, 6.45) is 3.94. The van der Waals surface area contributed by atoms with Crippen LogP contribution in [0.5, 0.6) is 0 Å². The molecule has 0 N–H and O–H groups in total. The van der Waals surface area contributed by atoms with E-state index in [1.165, 1.54) is 0 Å². The Morgan fingerprint density at radius 1 is 1.32 bits per heavy atom. The summed E-state index contributed by atoms with van der Waals surface area (Å²) in [6, 6.07) is 1.73. The van der Waals surface area contributed by atoms with Gasteiger partial charge in [-0.15, -0.1) is 0 Å². The first kappa shape index (κ1) is 15.6. The predicted molar refractivity (Wildman–Crippen MR) is 78.5 cm³/mol. The third-order valence-electron chi connectivity index (χ3n) is 4.46. The number of aromatic nitrogens is 2. The summed E-state index contributed by atoms with van der Waals surface area (Å²) >= 11 is 5.90. The molecule has 1 saturated carbocycles. The standard InChI is InChI=1S/C15H19ClN2O4/c1-2-20-12(19)14(11-3-8-17-13(16)18-11)4-6-15(7-5-14)21-9-10-22-15/h3,8H,2,4-7,9-10H2,1H3. The molecule has 120 valence electrons. The van der Waals surface area contributed by atoms with Crippen LogP contribution < -0.4 is 0 Å².